The summed E-state index contributed by atoms with van der Waals surface area (Å²) in [6, 6.07) is 0. The first-order valence-corrected chi connectivity index (χ1v) is 9.60. The minimum absolute atomic E-state index is 0.0220. The smallest absolute Gasteiger partial charge is 0.0648 e. The zero-order chi connectivity index (χ0) is 17.5. The van der Waals surface area contributed by atoms with Crippen LogP contribution in [0.2, 0.25) is 0 Å². The van der Waals surface area contributed by atoms with Crippen LogP contribution in [0.5, 0.6) is 0 Å². The number of allylic oxidation sites excluding steroid dienone is 1. The summed E-state index contributed by atoms with van der Waals surface area (Å²) in [5.74, 6) is 0. The Labute approximate surface area is 151 Å². The van der Waals surface area contributed by atoms with E-state index in [9.17, 15) is 0 Å². The van der Waals surface area contributed by atoms with Crippen LogP contribution in [0.4, 0.5) is 0 Å². The van der Waals surface area contributed by atoms with Gasteiger partial charge in [-0.2, -0.15) is 0 Å². The first kappa shape index (κ1) is 22.8. The monoisotopic (exact) mass is 390 g/mol. The highest BCUT2D eigenvalue weighted by atomic mass is 79.9. The normalized spacial score (nSPS) is 20.7. The van der Waals surface area contributed by atoms with Crippen molar-refractivity contribution in [3.63, 3.8) is 0 Å². The molecule has 0 amide bonds. The molecular weight excluding hydrogens is 356 g/mol. The molecule has 0 bridgehead atoms. The van der Waals surface area contributed by atoms with Crippen molar-refractivity contribution >= 4 is 15.9 Å². The van der Waals surface area contributed by atoms with E-state index in [-0.39, 0.29) is 6.10 Å². The van der Waals surface area contributed by atoms with Crippen LogP contribution in [0.3, 0.4) is 0 Å². The number of rotatable bonds is 4. The lowest BCUT2D eigenvalue weighted by Crippen LogP contribution is -2.34. The quantitative estimate of drug-likeness (QED) is 0.591. The van der Waals surface area contributed by atoms with E-state index in [1.54, 1.807) is 6.08 Å². The van der Waals surface area contributed by atoms with Crippen LogP contribution < -0.4 is 0 Å². The van der Waals surface area contributed by atoms with Gasteiger partial charge in [-0.05, 0) is 39.8 Å². The van der Waals surface area contributed by atoms with Gasteiger partial charge in [-0.25, -0.2) is 0 Å². The molecule has 2 heterocycles. The van der Waals surface area contributed by atoms with Crippen LogP contribution >= 0.6 is 15.9 Å². The first-order chi connectivity index (χ1) is 11.0. The number of hydrogen-bond donors (Lipinski definition) is 1. The van der Waals surface area contributed by atoms with Crippen molar-refractivity contribution in [1.82, 2.24) is 9.80 Å². The molecule has 0 saturated carbocycles. The minimum Gasteiger partial charge on any atom is -0.393 e. The van der Waals surface area contributed by atoms with E-state index < -0.39 is 0 Å². The van der Waals surface area contributed by atoms with Gasteiger partial charge in [-0.1, -0.05) is 28.1 Å². The van der Waals surface area contributed by atoms with Crippen molar-refractivity contribution in [1.29, 1.82) is 0 Å². The highest BCUT2D eigenvalue weighted by Crippen LogP contribution is 2.11. The summed E-state index contributed by atoms with van der Waals surface area (Å²) < 4.78 is 5.54. The lowest BCUT2D eigenvalue weighted by molar-refractivity contribution is 0.0281. The van der Waals surface area contributed by atoms with Gasteiger partial charge in [0.2, 0.25) is 0 Å². The Balaban J connectivity index is 0.000000354. The average molecular weight is 391 g/mol. The molecule has 4 nitrogen and oxygen atoms in total. The van der Waals surface area contributed by atoms with E-state index in [0.717, 1.165) is 31.3 Å². The van der Waals surface area contributed by atoms with Gasteiger partial charge < -0.3 is 19.6 Å². The molecule has 23 heavy (non-hydrogen) atoms. The molecule has 2 saturated heterocycles. The van der Waals surface area contributed by atoms with Crippen LogP contribution in [0.15, 0.2) is 25.3 Å². The third-order valence-corrected chi connectivity index (χ3v) is 4.37. The summed E-state index contributed by atoms with van der Waals surface area (Å²) in [7, 11) is 4.25. The van der Waals surface area contributed by atoms with Crippen LogP contribution in [0, 0.1) is 0 Å². The Morgan fingerprint density at radius 3 is 1.78 bits per heavy atom. The average Bonchev–Trinajstić information content (AvgIpc) is 2.58. The van der Waals surface area contributed by atoms with E-state index in [2.05, 4.69) is 53.0 Å². The van der Waals surface area contributed by atoms with E-state index in [1.165, 1.54) is 25.9 Å². The second-order valence-corrected chi connectivity index (χ2v) is 6.75. The molecule has 2 rings (SSSR count). The van der Waals surface area contributed by atoms with Crippen molar-refractivity contribution in [3.05, 3.63) is 25.3 Å². The summed E-state index contributed by atoms with van der Waals surface area (Å²) >= 11 is 3.13. The molecule has 0 unspecified atom stereocenters. The Morgan fingerprint density at radius 1 is 1.00 bits per heavy atom. The molecule has 0 spiro atoms. The number of nitrogens with zero attached hydrogens (tertiary/aromatic N) is 2. The van der Waals surface area contributed by atoms with Crippen molar-refractivity contribution in [3.8, 4) is 0 Å². The molecule has 1 N–H and O–H groups in total. The van der Waals surface area contributed by atoms with E-state index in [4.69, 9.17) is 9.84 Å². The number of likely N-dealkylation sites (tertiary alicyclic amines) is 2. The zero-order valence-corrected chi connectivity index (χ0v) is 16.5. The standard InChI is InChI=1S/C9H17NO.C6H13NO.C3H5Br/c1-3-8-11-9-4-6-10(2)7-5-9;1-7-4-2-6(8)3-5-7;1-2-3-4/h3,9H,1,4-8H2,2H3;6,8H,2-5H2,1H3;2H,1,3H2. The maximum absolute atomic E-state index is 9.00. The summed E-state index contributed by atoms with van der Waals surface area (Å²) in [6.07, 6.45) is 8.32. The highest BCUT2D eigenvalue weighted by Gasteiger charge is 2.15. The van der Waals surface area contributed by atoms with Crippen molar-refractivity contribution in [2.24, 2.45) is 0 Å². The number of piperidine rings is 2. The number of aliphatic hydroxyl groups excluding tert-OH is 1. The van der Waals surface area contributed by atoms with Crippen molar-refractivity contribution < 1.29 is 9.84 Å². The maximum Gasteiger partial charge on any atom is 0.0648 e. The van der Waals surface area contributed by atoms with Crippen LogP contribution in [-0.2, 0) is 4.74 Å². The fourth-order valence-corrected chi connectivity index (χ4v) is 2.35. The molecule has 2 fully saturated rings. The van der Waals surface area contributed by atoms with Crippen molar-refractivity contribution in [2.75, 3.05) is 52.2 Å². The number of alkyl halides is 1. The third kappa shape index (κ3) is 13.9. The molecule has 0 aromatic carbocycles. The van der Waals surface area contributed by atoms with Gasteiger partial charge in [0.05, 0.1) is 18.8 Å². The fraction of sp³-hybridized carbons (Fsp3) is 0.778. The maximum atomic E-state index is 9.00. The zero-order valence-electron chi connectivity index (χ0n) is 14.9. The van der Waals surface area contributed by atoms with Crippen molar-refractivity contribution in [2.45, 2.75) is 37.9 Å². The number of ether oxygens (including phenoxy) is 1. The van der Waals surface area contributed by atoms with Gasteiger partial charge in [-0.3, -0.25) is 0 Å². The van der Waals surface area contributed by atoms with Gasteiger partial charge in [0.1, 0.15) is 0 Å². The molecule has 0 aromatic heterocycles. The van der Waals surface area contributed by atoms with E-state index in [1.807, 2.05) is 6.08 Å². The molecule has 5 heteroatoms. The van der Waals surface area contributed by atoms with Crippen LogP contribution in [0.1, 0.15) is 25.7 Å². The summed E-state index contributed by atoms with van der Waals surface area (Å²) in [6.45, 7) is 12.2. The van der Waals surface area contributed by atoms with Crippen LogP contribution in [-0.4, -0.2) is 79.3 Å². The Kier molecular flexibility index (Phi) is 15.2. The first-order valence-electron chi connectivity index (χ1n) is 8.48. The van der Waals surface area contributed by atoms with Gasteiger partial charge in [0.25, 0.3) is 0 Å². The lowest BCUT2D eigenvalue weighted by atomic mass is 10.1. The molecule has 2 aliphatic heterocycles. The van der Waals surface area contributed by atoms with Gasteiger partial charge in [-0.15, -0.1) is 13.2 Å². The lowest BCUT2D eigenvalue weighted by Gasteiger charge is -2.28. The largest absolute Gasteiger partial charge is 0.393 e. The van der Waals surface area contributed by atoms with Gasteiger partial charge in [0, 0.05) is 31.5 Å². The van der Waals surface area contributed by atoms with Gasteiger partial charge in [0.15, 0.2) is 0 Å². The van der Waals surface area contributed by atoms with E-state index in [0.29, 0.717) is 12.7 Å². The molecule has 0 radical (unpaired) electrons. The molecule has 136 valence electrons. The van der Waals surface area contributed by atoms with E-state index >= 15 is 0 Å². The fourth-order valence-electron chi connectivity index (χ4n) is 2.35. The molecule has 0 aromatic rings. The Morgan fingerprint density at radius 2 is 1.43 bits per heavy atom. The number of aliphatic hydroxyl groups is 1. The Bertz CT molecular complexity index is 277. The highest BCUT2D eigenvalue weighted by molar-refractivity contribution is 9.09. The summed E-state index contributed by atoms with van der Waals surface area (Å²) in [4.78, 5) is 4.58. The SMILES string of the molecule is C=CCBr.C=CCOC1CCN(C)CC1.CN1CCC(O)CC1. The number of halogens is 1. The molecule has 2 aliphatic rings. The number of hydrogen-bond acceptors (Lipinski definition) is 4. The topological polar surface area (TPSA) is 35.9 Å². The van der Waals surface area contributed by atoms with Crippen LogP contribution in [0.25, 0.3) is 0 Å². The molecular formula is C18H35BrN2O2. The second kappa shape index (κ2) is 15.3. The second-order valence-electron chi connectivity index (χ2n) is 6.10. The summed E-state index contributed by atoms with van der Waals surface area (Å²) in [5.41, 5.74) is 0. The predicted octanol–water partition coefficient (Wildman–Crippen LogP) is 2.92. The summed E-state index contributed by atoms with van der Waals surface area (Å²) in [5, 5.41) is 9.90. The predicted molar refractivity (Wildman–Crippen MR) is 103 cm³/mol. The molecule has 0 aliphatic carbocycles. The van der Waals surface area contributed by atoms with Gasteiger partial charge >= 0.3 is 0 Å². The minimum atomic E-state index is -0.0220. The Hall–Kier alpha value is -0.200. The third-order valence-electron chi connectivity index (χ3n) is 3.91. The molecule has 0 atom stereocenters.